The molecule has 2 aromatic carbocycles. The van der Waals surface area contributed by atoms with Crippen molar-refractivity contribution in [1.82, 2.24) is 5.43 Å². The van der Waals surface area contributed by atoms with Crippen molar-refractivity contribution in [3.63, 3.8) is 0 Å². The third kappa shape index (κ3) is 4.05. The third-order valence-corrected chi connectivity index (χ3v) is 4.04. The number of hydrogen-bond donors (Lipinski definition) is 2. The van der Waals surface area contributed by atoms with Crippen LogP contribution >= 0.6 is 15.9 Å². The fourth-order valence-corrected chi connectivity index (χ4v) is 2.61. The van der Waals surface area contributed by atoms with Crippen LogP contribution in [0.4, 0.5) is 5.69 Å². The lowest BCUT2D eigenvalue weighted by Crippen LogP contribution is -2.25. The first kappa shape index (κ1) is 16.3. The first-order valence-corrected chi connectivity index (χ1v) is 8.13. The van der Waals surface area contributed by atoms with Gasteiger partial charge in [0.05, 0.1) is 12.8 Å². The molecular formula is C17H16BrN3O3. The molecule has 1 heterocycles. The second-order valence-corrected chi connectivity index (χ2v) is 6.10. The Hall–Kier alpha value is -2.54. The standard InChI is InChI=1S/C17H16BrN3O3/c1-11-3-2-4-13(5-11)19-9-17(22)21-20-8-12-6-15-16(7-14(12)18)24-10-23-15/h2-8,19H,9-10H2,1H3,(H,21,22). The zero-order valence-corrected chi connectivity index (χ0v) is 14.6. The number of hydrogen-bond acceptors (Lipinski definition) is 5. The van der Waals surface area contributed by atoms with Gasteiger partial charge in [0.1, 0.15) is 0 Å². The molecule has 2 aromatic rings. The van der Waals surface area contributed by atoms with Crippen molar-refractivity contribution in [2.75, 3.05) is 18.7 Å². The number of amides is 1. The van der Waals surface area contributed by atoms with E-state index >= 15 is 0 Å². The molecule has 3 rings (SSSR count). The quantitative estimate of drug-likeness (QED) is 0.608. The zero-order chi connectivity index (χ0) is 16.9. The van der Waals surface area contributed by atoms with Crippen molar-refractivity contribution in [2.45, 2.75) is 6.92 Å². The van der Waals surface area contributed by atoms with Gasteiger partial charge in [-0.3, -0.25) is 4.79 Å². The molecule has 2 N–H and O–H groups in total. The molecular weight excluding hydrogens is 374 g/mol. The summed E-state index contributed by atoms with van der Waals surface area (Å²) in [4.78, 5) is 11.8. The number of anilines is 1. The average Bonchev–Trinajstić information content (AvgIpc) is 3.00. The molecule has 0 radical (unpaired) electrons. The van der Waals surface area contributed by atoms with Crippen LogP contribution in [0, 0.1) is 6.92 Å². The summed E-state index contributed by atoms with van der Waals surface area (Å²) in [6.07, 6.45) is 1.55. The summed E-state index contributed by atoms with van der Waals surface area (Å²) in [5.41, 5.74) is 5.30. The van der Waals surface area contributed by atoms with Gasteiger partial charge < -0.3 is 14.8 Å². The first-order valence-electron chi connectivity index (χ1n) is 7.33. The number of nitrogens with one attached hydrogen (secondary N) is 2. The van der Waals surface area contributed by atoms with E-state index in [1.165, 1.54) is 0 Å². The van der Waals surface area contributed by atoms with E-state index in [-0.39, 0.29) is 19.2 Å². The number of halogens is 1. The Morgan fingerprint density at radius 2 is 2.08 bits per heavy atom. The lowest BCUT2D eigenvalue weighted by Gasteiger charge is -2.06. The third-order valence-electron chi connectivity index (χ3n) is 3.36. The smallest absolute Gasteiger partial charge is 0.259 e. The van der Waals surface area contributed by atoms with E-state index in [0.29, 0.717) is 11.5 Å². The highest BCUT2D eigenvalue weighted by Crippen LogP contribution is 2.36. The molecule has 0 unspecified atom stereocenters. The molecule has 0 bridgehead atoms. The van der Waals surface area contributed by atoms with Crippen LogP contribution in [0.1, 0.15) is 11.1 Å². The number of nitrogens with zero attached hydrogens (tertiary/aromatic N) is 1. The van der Waals surface area contributed by atoms with Crippen LogP contribution in [0.15, 0.2) is 46.0 Å². The van der Waals surface area contributed by atoms with Crippen LogP contribution in [0.2, 0.25) is 0 Å². The Morgan fingerprint density at radius 3 is 2.88 bits per heavy atom. The lowest BCUT2D eigenvalue weighted by atomic mass is 10.2. The van der Waals surface area contributed by atoms with Gasteiger partial charge in [0.2, 0.25) is 6.79 Å². The molecule has 24 heavy (non-hydrogen) atoms. The van der Waals surface area contributed by atoms with E-state index < -0.39 is 0 Å². The number of carbonyl (C=O) groups excluding carboxylic acids is 1. The Kier molecular flexibility index (Phi) is 5.00. The minimum absolute atomic E-state index is 0.142. The molecule has 0 aromatic heterocycles. The van der Waals surface area contributed by atoms with Crippen LogP contribution in [0.25, 0.3) is 0 Å². The molecule has 1 amide bonds. The van der Waals surface area contributed by atoms with Crippen molar-refractivity contribution in [2.24, 2.45) is 5.10 Å². The topological polar surface area (TPSA) is 72.0 Å². The molecule has 1 aliphatic heterocycles. The molecule has 0 saturated heterocycles. The normalized spacial score (nSPS) is 12.4. The number of carbonyl (C=O) groups is 1. The Bertz CT molecular complexity index is 793. The minimum atomic E-state index is -0.232. The number of aryl methyl sites for hydroxylation is 1. The summed E-state index contributed by atoms with van der Waals surface area (Å²) in [6, 6.07) is 11.4. The second-order valence-electron chi connectivity index (χ2n) is 5.24. The predicted molar refractivity (Wildman–Crippen MR) is 95.7 cm³/mol. The van der Waals surface area contributed by atoms with E-state index in [1.54, 1.807) is 12.3 Å². The maximum absolute atomic E-state index is 11.8. The molecule has 0 saturated carbocycles. The fourth-order valence-electron chi connectivity index (χ4n) is 2.18. The molecule has 124 valence electrons. The van der Waals surface area contributed by atoms with Gasteiger partial charge in [-0.15, -0.1) is 0 Å². The number of benzene rings is 2. The number of ether oxygens (including phenoxy) is 2. The maximum Gasteiger partial charge on any atom is 0.259 e. The Labute approximate surface area is 148 Å². The van der Waals surface area contributed by atoms with Gasteiger partial charge in [-0.25, -0.2) is 5.43 Å². The van der Waals surface area contributed by atoms with E-state index in [2.05, 4.69) is 31.8 Å². The first-order chi connectivity index (χ1) is 11.6. The monoisotopic (exact) mass is 389 g/mol. The summed E-state index contributed by atoms with van der Waals surface area (Å²) in [7, 11) is 0. The molecule has 0 spiro atoms. The minimum Gasteiger partial charge on any atom is -0.454 e. The van der Waals surface area contributed by atoms with E-state index in [1.807, 2.05) is 37.3 Å². The SMILES string of the molecule is Cc1cccc(NCC(=O)NN=Cc2cc3c(cc2Br)OCO3)c1. The van der Waals surface area contributed by atoms with Crippen LogP contribution in [0.3, 0.4) is 0 Å². The molecule has 6 nitrogen and oxygen atoms in total. The predicted octanol–water partition coefficient (Wildman–Crippen LogP) is 3.05. The molecule has 0 fully saturated rings. The number of fused-ring (bicyclic) bond motifs is 1. The summed E-state index contributed by atoms with van der Waals surface area (Å²) in [6.45, 7) is 2.35. The highest BCUT2D eigenvalue weighted by atomic mass is 79.9. The number of hydrazone groups is 1. The van der Waals surface area contributed by atoms with Crippen LogP contribution < -0.4 is 20.2 Å². The van der Waals surface area contributed by atoms with Crippen LogP contribution in [-0.2, 0) is 4.79 Å². The zero-order valence-electron chi connectivity index (χ0n) is 13.0. The number of rotatable bonds is 5. The van der Waals surface area contributed by atoms with Crippen molar-refractivity contribution in [1.29, 1.82) is 0 Å². The fraction of sp³-hybridized carbons (Fsp3) is 0.176. The van der Waals surface area contributed by atoms with Crippen molar-refractivity contribution < 1.29 is 14.3 Å². The Balaban J connectivity index is 1.53. The van der Waals surface area contributed by atoms with E-state index in [4.69, 9.17) is 9.47 Å². The molecule has 7 heteroatoms. The second kappa shape index (κ2) is 7.35. The van der Waals surface area contributed by atoms with Crippen LogP contribution in [0.5, 0.6) is 11.5 Å². The van der Waals surface area contributed by atoms with Gasteiger partial charge in [0, 0.05) is 15.7 Å². The summed E-state index contributed by atoms with van der Waals surface area (Å²) < 4.78 is 11.4. The van der Waals surface area contributed by atoms with Gasteiger partial charge in [-0.05, 0) is 52.7 Å². The average molecular weight is 390 g/mol. The maximum atomic E-state index is 11.8. The lowest BCUT2D eigenvalue weighted by molar-refractivity contribution is -0.119. The van der Waals surface area contributed by atoms with E-state index in [0.717, 1.165) is 21.3 Å². The van der Waals surface area contributed by atoms with Gasteiger partial charge in [0.25, 0.3) is 5.91 Å². The highest BCUT2D eigenvalue weighted by molar-refractivity contribution is 9.10. The van der Waals surface area contributed by atoms with Gasteiger partial charge in [-0.1, -0.05) is 12.1 Å². The molecule has 1 aliphatic rings. The van der Waals surface area contributed by atoms with Gasteiger partial charge >= 0.3 is 0 Å². The van der Waals surface area contributed by atoms with E-state index in [9.17, 15) is 4.79 Å². The summed E-state index contributed by atoms with van der Waals surface area (Å²) in [5, 5.41) is 7.01. The molecule has 0 aliphatic carbocycles. The summed E-state index contributed by atoms with van der Waals surface area (Å²) in [5.74, 6) is 1.11. The van der Waals surface area contributed by atoms with Crippen LogP contribution in [-0.4, -0.2) is 25.5 Å². The van der Waals surface area contributed by atoms with Gasteiger partial charge in [0.15, 0.2) is 11.5 Å². The van der Waals surface area contributed by atoms with Crippen molar-refractivity contribution >= 4 is 33.7 Å². The highest BCUT2D eigenvalue weighted by Gasteiger charge is 2.15. The van der Waals surface area contributed by atoms with Crippen molar-refractivity contribution in [3.05, 3.63) is 52.0 Å². The summed E-state index contributed by atoms with van der Waals surface area (Å²) >= 11 is 3.43. The Morgan fingerprint density at radius 1 is 1.29 bits per heavy atom. The molecule has 0 atom stereocenters. The van der Waals surface area contributed by atoms with Crippen molar-refractivity contribution in [3.8, 4) is 11.5 Å². The van der Waals surface area contributed by atoms with Gasteiger partial charge in [-0.2, -0.15) is 5.10 Å². The largest absolute Gasteiger partial charge is 0.454 e.